The summed E-state index contributed by atoms with van der Waals surface area (Å²) < 4.78 is 4.84. The monoisotopic (exact) mass is 213 g/mol. The standard InChI is InChI=1S/C11H19NO3/c1-11(2,3)10(14)15-9(13)8-5-4-6-12-7-8/h8,12H,4-7H2,1-3H3. The summed E-state index contributed by atoms with van der Waals surface area (Å²) in [6.07, 6.45) is 1.77. The summed E-state index contributed by atoms with van der Waals surface area (Å²) in [7, 11) is 0. The molecule has 1 aliphatic heterocycles. The van der Waals surface area contributed by atoms with Crippen LogP contribution in [0.2, 0.25) is 0 Å². The first-order chi connectivity index (χ1) is 6.91. The van der Waals surface area contributed by atoms with Crippen molar-refractivity contribution in [3.8, 4) is 0 Å². The Balaban J connectivity index is 2.44. The Morgan fingerprint density at radius 3 is 2.47 bits per heavy atom. The Kier molecular flexibility index (Phi) is 3.85. The average molecular weight is 213 g/mol. The van der Waals surface area contributed by atoms with Gasteiger partial charge < -0.3 is 10.1 Å². The van der Waals surface area contributed by atoms with Crippen LogP contribution in [0.15, 0.2) is 0 Å². The molecule has 1 rings (SSSR count). The Labute approximate surface area is 90.4 Å². The number of esters is 2. The third kappa shape index (κ3) is 3.63. The maximum absolute atomic E-state index is 11.6. The molecule has 0 spiro atoms. The van der Waals surface area contributed by atoms with Gasteiger partial charge in [-0.2, -0.15) is 0 Å². The van der Waals surface area contributed by atoms with Gasteiger partial charge in [0.2, 0.25) is 0 Å². The van der Waals surface area contributed by atoms with E-state index in [1.165, 1.54) is 0 Å². The van der Waals surface area contributed by atoms with E-state index in [0.29, 0.717) is 6.54 Å². The number of carbonyl (C=O) groups excluding carboxylic acids is 2. The quantitative estimate of drug-likeness (QED) is 0.523. The van der Waals surface area contributed by atoms with Gasteiger partial charge in [0.15, 0.2) is 0 Å². The van der Waals surface area contributed by atoms with Gasteiger partial charge in [-0.05, 0) is 40.2 Å². The topological polar surface area (TPSA) is 55.4 Å². The lowest BCUT2D eigenvalue weighted by Gasteiger charge is -2.22. The van der Waals surface area contributed by atoms with E-state index in [1.54, 1.807) is 20.8 Å². The zero-order valence-corrected chi connectivity index (χ0v) is 9.63. The van der Waals surface area contributed by atoms with E-state index in [1.807, 2.05) is 0 Å². The van der Waals surface area contributed by atoms with Crippen LogP contribution in [-0.4, -0.2) is 25.0 Å². The molecule has 86 valence electrons. The lowest BCUT2D eigenvalue weighted by molar-refractivity contribution is -0.168. The van der Waals surface area contributed by atoms with Crippen molar-refractivity contribution < 1.29 is 14.3 Å². The first kappa shape index (κ1) is 12.2. The second-order valence-corrected chi connectivity index (χ2v) is 5.00. The van der Waals surface area contributed by atoms with Gasteiger partial charge in [-0.3, -0.25) is 9.59 Å². The van der Waals surface area contributed by atoms with E-state index < -0.39 is 11.4 Å². The highest BCUT2D eigenvalue weighted by Gasteiger charge is 2.30. The van der Waals surface area contributed by atoms with Gasteiger partial charge in [0.1, 0.15) is 0 Å². The van der Waals surface area contributed by atoms with Crippen molar-refractivity contribution in [3.63, 3.8) is 0 Å². The number of ether oxygens (including phenoxy) is 1. The van der Waals surface area contributed by atoms with Crippen LogP contribution in [0.25, 0.3) is 0 Å². The molecule has 15 heavy (non-hydrogen) atoms. The van der Waals surface area contributed by atoms with Crippen LogP contribution >= 0.6 is 0 Å². The fourth-order valence-corrected chi connectivity index (χ4v) is 1.38. The summed E-state index contributed by atoms with van der Waals surface area (Å²) in [6.45, 7) is 6.78. The summed E-state index contributed by atoms with van der Waals surface area (Å²) >= 11 is 0. The molecule has 1 N–H and O–H groups in total. The van der Waals surface area contributed by atoms with Crippen LogP contribution < -0.4 is 5.32 Å². The van der Waals surface area contributed by atoms with Crippen LogP contribution in [-0.2, 0) is 14.3 Å². The van der Waals surface area contributed by atoms with E-state index >= 15 is 0 Å². The molecule has 0 amide bonds. The van der Waals surface area contributed by atoms with Crippen LogP contribution in [0.4, 0.5) is 0 Å². The number of hydrogen-bond acceptors (Lipinski definition) is 4. The molecule has 0 aromatic carbocycles. The summed E-state index contributed by atoms with van der Waals surface area (Å²) in [5.41, 5.74) is -0.613. The largest absolute Gasteiger partial charge is 0.393 e. The van der Waals surface area contributed by atoms with Crippen LogP contribution in [0, 0.1) is 11.3 Å². The number of carbonyl (C=O) groups is 2. The van der Waals surface area contributed by atoms with Crippen LogP contribution in [0.1, 0.15) is 33.6 Å². The molecular weight excluding hydrogens is 194 g/mol. The van der Waals surface area contributed by atoms with Gasteiger partial charge in [-0.15, -0.1) is 0 Å². The van der Waals surface area contributed by atoms with Gasteiger partial charge in [-0.25, -0.2) is 0 Å². The van der Waals surface area contributed by atoms with Crippen molar-refractivity contribution in [1.82, 2.24) is 5.32 Å². The molecule has 1 atom stereocenters. The molecule has 0 radical (unpaired) electrons. The Morgan fingerprint density at radius 1 is 1.33 bits per heavy atom. The van der Waals surface area contributed by atoms with Crippen molar-refractivity contribution in [2.75, 3.05) is 13.1 Å². The Hall–Kier alpha value is -0.900. The number of nitrogens with one attached hydrogen (secondary N) is 1. The Morgan fingerprint density at radius 2 is 2.00 bits per heavy atom. The van der Waals surface area contributed by atoms with Gasteiger partial charge in [0.05, 0.1) is 11.3 Å². The smallest absolute Gasteiger partial charge is 0.318 e. The average Bonchev–Trinajstić information content (AvgIpc) is 2.17. The number of hydrogen-bond donors (Lipinski definition) is 1. The molecule has 1 heterocycles. The minimum atomic E-state index is -0.613. The minimum Gasteiger partial charge on any atom is -0.393 e. The lowest BCUT2D eigenvalue weighted by atomic mass is 9.96. The number of rotatable bonds is 1. The van der Waals surface area contributed by atoms with Gasteiger partial charge >= 0.3 is 11.9 Å². The van der Waals surface area contributed by atoms with Crippen molar-refractivity contribution in [3.05, 3.63) is 0 Å². The summed E-state index contributed by atoms with van der Waals surface area (Å²) in [5.74, 6) is -0.995. The zero-order valence-electron chi connectivity index (χ0n) is 9.63. The maximum atomic E-state index is 11.6. The predicted molar refractivity (Wildman–Crippen MR) is 56.1 cm³/mol. The second-order valence-electron chi connectivity index (χ2n) is 5.00. The van der Waals surface area contributed by atoms with Crippen LogP contribution in [0.5, 0.6) is 0 Å². The van der Waals surface area contributed by atoms with E-state index in [9.17, 15) is 9.59 Å². The maximum Gasteiger partial charge on any atom is 0.318 e. The summed E-state index contributed by atoms with van der Waals surface area (Å²) in [5, 5.41) is 3.12. The zero-order chi connectivity index (χ0) is 11.5. The molecule has 1 aliphatic rings. The molecule has 0 aromatic heterocycles. The molecule has 0 aromatic rings. The molecule has 1 saturated heterocycles. The molecular formula is C11H19NO3. The number of piperidine rings is 1. The highest BCUT2D eigenvalue weighted by Crippen LogP contribution is 2.18. The summed E-state index contributed by atoms with van der Waals surface area (Å²) in [6, 6.07) is 0. The molecule has 1 unspecified atom stereocenters. The first-order valence-electron chi connectivity index (χ1n) is 5.38. The fourth-order valence-electron chi connectivity index (χ4n) is 1.38. The van der Waals surface area contributed by atoms with Crippen molar-refractivity contribution in [2.45, 2.75) is 33.6 Å². The van der Waals surface area contributed by atoms with Crippen molar-refractivity contribution in [1.29, 1.82) is 0 Å². The van der Waals surface area contributed by atoms with Gasteiger partial charge in [0.25, 0.3) is 0 Å². The molecule has 4 heteroatoms. The van der Waals surface area contributed by atoms with E-state index in [4.69, 9.17) is 4.74 Å². The van der Waals surface area contributed by atoms with E-state index in [-0.39, 0.29) is 11.9 Å². The third-order valence-corrected chi connectivity index (χ3v) is 2.44. The lowest BCUT2D eigenvalue weighted by Crippen LogP contribution is -2.37. The normalized spacial score (nSPS) is 22.2. The van der Waals surface area contributed by atoms with Gasteiger partial charge in [0, 0.05) is 6.54 Å². The fraction of sp³-hybridized carbons (Fsp3) is 0.818. The first-order valence-corrected chi connectivity index (χ1v) is 5.38. The minimum absolute atomic E-state index is 0.162. The van der Waals surface area contributed by atoms with Crippen molar-refractivity contribution >= 4 is 11.9 Å². The second kappa shape index (κ2) is 4.75. The van der Waals surface area contributed by atoms with Gasteiger partial charge in [-0.1, -0.05) is 0 Å². The highest BCUT2D eigenvalue weighted by atomic mass is 16.6. The molecule has 0 saturated carbocycles. The molecule has 1 fully saturated rings. The third-order valence-electron chi connectivity index (χ3n) is 2.44. The van der Waals surface area contributed by atoms with E-state index in [0.717, 1.165) is 19.4 Å². The SMILES string of the molecule is CC(C)(C)C(=O)OC(=O)C1CCCNC1. The summed E-state index contributed by atoms with van der Waals surface area (Å²) in [4.78, 5) is 23.0. The van der Waals surface area contributed by atoms with E-state index in [2.05, 4.69) is 5.32 Å². The van der Waals surface area contributed by atoms with Crippen molar-refractivity contribution in [2.24, 2.45) is 11.3 Å². The molecule has 0 aliphatic carbocycles. The molecule has 0 bridgehead atoms. The predicted octanol–water partition coefficient (Wildman–Crippen LogP) is 1.10. The molecule has 4 nitrogen and oxygen atoms in total. The van der Waals surface area contributed by atoms with Crippen LogP contribution in [0.3, 0.4) is 0 Å². The Bertz CT molecular complexity index is 249. The highest BCUT2D eigenvalue weighted by molar-refractivity contribution is 5.89.